The zero-order valence-electron chi connectivity index (χ0n) is 12.7. The lowest BCUT2D eigenvalue weighted by Crippen LogP contribution is -2.34. The predicted molar refractivity (Wildman–Crippen MR) is 82.3 cm³/mol. The Balaban J connectivity index is 2.11. The topological polar surface area (TPSA) is 29.3 Å². The van der Waals surface area contributed by atoms with E-state index in [0.717, 1.165) is 5.92 Å². The van der Waals surface area contributed by atoms with Gasteiger partial charge in [-0.05, 0) is 50.8 Å². The second-order valence-corrected chi connectivity index (χ2v) is 6.20. The van der Waals surface area contributed by atoms with E-state index in [-0.39, 0.29) is 0 Å². The number of aryl methyl sites for hydroxylation is 2. The van der Waals surface area contributed by atoms with E-state index in [1.54, 1.807) is 0 Å². The second kappa shape index (κ2) is 6.53. The molecule has 2 N–H and O–H groups in total. The van der Waals surface area contributed by atoms with Gasteiger partial charge in [0.15, 0.2) is 0 Å². The van der Waals surface area contributed by atoms with E-state index in [4.69, 9.17) is 5.73 Å². The van der Waals surface area contributed by atoms with Gasteiger partial charge in [0.2, 0.25) is 0 Å². The van der Waals surface area contributed by atoms with Gasteiger partial charge in [-0.15, -0.1) is 0 Å². The first-order valence-electron chi connectivity index (χ1n) is 7.59. The summed E-state index contributed by atoms with van der Waals surface area (Å²) in [6, 6.07) is 7.07. The third-order valence-corrected chi connectivity index (χ3v) is 4.57. The van der Waals surface area contributed by atoms with Crippen LogP contribution in [0.15, 0.2) is 18.2 Å². The molecule has 1 aliphatic rings. The smallest absolute Gasteiger partial charge is 0.0470 e. The molecule has 0 aliphatic heterocycles. The van der Waals surface area contributed by atoms with Crippen LogP contribution in [-0.2, 0) is 0 Å². The van der Waals surface area contributed by atoms with Gasteiger partial charge in [-0.1, -0.05) is 36.6 Å². The molecule has 106 valence electrons. The molecule has 0 radical (unpaired) electrons. The van der Waals surface area contributed by atoms with E-state index in [0.29, 0.717) is 12.6 Å². The maximum atomic E-state index is 6.06. The average molecular weight is 260 g/mol. The highest BCUT2D eigenvalue weighted by molar-refractivity contribution is 5.33. The van der Waals surface area contributed by atoms with Crippen molar-refractivity contribution in [3.8, 4) is 0 Å². The molecular weight excluding hydrogens is 232 g/mol. The van der Waals surface area contributed by atoms with Crippen molar-refractivity contribution in [2.45, 2.75) is 45.6 Å². The highest BCUT2D eigenvalue weighted by Crippen LogP contribution is 2.29. The van der Waals surface area contributed by atoms with Gasteiger partial charge in [0, 0.05) is 19.1 Å². The first-order valence-corrected chi connectivity index (χ1v) is 7.59. The molecule has 2 rings (SSSR count). The maximum absolute atomic E-state index is 6.06. The number of rotatable bonds is 5. The van der Waals surface area contributed by atoms with Gasteiger partial charge in [0.25, 0.3) is 0 Å². The Morgan fingerprint density at radius 3 is 2.58 bits per heavy atom. The zero-order valence-corrected chi connectivity index (χ0v) is 12.7. The van der Waals surface area contributed by atoms with Gasteiger partial charge in [0.1, 0.15) is 0 Å². The lowest BCUT2D eigenvalue weighted by molar-refractivity contribution is 0.212. The van der Waals surface area contributed by atoms with Crippen molar-refractivity contribution in [2.24, 2.45) is 11.7 Å². The van der Waals surface area contributed by atoms with Crippen molar-refractivity contribution >= 4 is 0 Å². The van der Waals surface area contributed by atoms with Crippen LogP contribution in [0, 0.1) is 19.8 Å². The molecule has 0 heterocycles. The molecule has 1 atom stereocenters. The standard InChI is InChI=1S/C17H28N2/c1-13-8-9-14(2)16(10-13)17(11-18)19(3)12-15-6-4-5-7-15/h8-10,15,17H,4-7,11-12,18H2,1-3H3. The van der Waals surface area contributed by atoms with Crippen molar-refractivity contribution in [3.05, 3.63) is 34.9 Å². The fraction of sp³-hybridized carbons (Fsp3) is 0.647. The predicted octanol–water partition coefficient (Wildman–Crippen LogP) is 3.43. The number of nitrogens with two attached hydrogens (primary N) is 1. The fourth-order valence-electron chi connectivity index (χ4n) is 3.39. The van der Waals surface area contributed by atoms with Crippen molar-refractivity contribution in [2.75, 3.05) is 20.1 Å². The number of hydrogen-bond donors (Lipinski definition) is 1. The lowest BCUT2D eigenvalue weighted by Gasteiger charge is -2.31. The number of nitrogens with zero attached hydrogens (tertiary/aromatic N) is 1. The first kappa shape index (κ1) is 14.5. The fourth-order valence-corrected chi connectivity index (χ4v) is 3.39. The number of benzene rings is 1. The Morgan fingerprint density at radius 1 is 1.26 bits per heavy atom. The van der Waals surface area contributed by atoms with Crippen LogP contribution in [-0.4, -0.2) is 25.0 Å². The van der Waals surface area contributed by atoms with Gasteiger partial charge in [-0.25, -0.2) is 0 Å². The summed E-state index contributed by atoms with van der Waals surface area (Å²) < 4.78 is 0. The largest absolute Gasteiger partial charge is 0.329 e. The second-order valence-electron chi connectivity index (χ2n) is 6.20. The van der Waals surface area contributed by atoms with Crippen molar-refractivity contribution < 1.29 is 0 Å². The molecule has 0 bridgehead atoms. The van der Waals surface area contributed by atoms with Crippen molar-refractivity contribution in [1.29, 1.82) is 0 Å². The summed E-state index contributed by atoms with van der Waals surface area (Å²) in [6.45, 7) is 6.25. The average Bonchev–Trinajstić information content (AvgIpc) is 2.87. The van der Waals surface area contributed by atoms with Gasteiger partial charge in [-0.3, -0.25) is 4.90 Å². The Kier molecular flexibility index (Phi) is 5.00. The monoisotopic (exact) mass is 260 g/mol. The summed E-state index contributed by atoms with van der Waals surface area (Å²) in [5.74, 6) is 0.879. The quantitative estimate of drug-likeness (QED) is 0.879. The number of hydrogen-bond acceptors (Lipinski definition) is 2. The lowest BCUT2D eigenvalue weighted by atomic mass is 9.97. The Bertz CT molecular complexity index is 408. The van der Waals surface area contributed by atoms with E-state index >= 15 is 0 Å². The van der Waals surface area contributed by atoms with Crippen molar-refractivity contribution in [1.82, 2.24) is 4.90 Å². The minimum atomic E-state index is 0.362. The van der Waals surface area contributed by atoms with Crippen LogP contribution in [0.1, 0.15) is 48.4 Å². The molecular formula is C17H28N2. The number of likely N-dealkylation sites (N-methyl/N-ethyl adjacent to an activating group) is 1. The summed E-state index contributed by atoms with van der Waals surface area (Å²) in [5.41, 5.74) is 10.2. The molecule has 1 saturated carbocycles. The molecule has 1 aliphatic carbocycles. The molecule has 0 amide bonds. The van der Waals surface area contributed by atoms with Crippen LogP contribution in [0.3, 0.4) is 0 Å². The summed E-state index contributed by atoms with van der Waals surface area (Å²) in [7, 11) is 2.23. The normalized spacial score (nSPS) is 18.2. The highest BCUT2D eigenvalue weighted by atomic mass is 15.1. The molecule has 1 aromatic rings. The Morgan fingerprint density at radius 2 is 1.95 bits per heavy atom. The third-order valence-electron chi connectivity index (χ3n) is 4.57. The minimum Gasteiger partial charge on any atom is -0.329 e. The summed E-state index contributed by atoms with van der Waals surface area (Å²) in [4.78, 5) is 2.47. The molecule has 0 aromatic heterocycles. The van der Waals surface area contributed by atoms with Gasteiger partial charge >= 0.3 is 0 Å². The van der Waals surface area contributed by atoms with Crippen LogP contribution in [0.2, 0.25) is 0 Å². The molecule has 19 heavy (non-hydrogen) atoms. The molecule has 2 nitrogen and oxygen atoms in total. The van der Waals surface area contributed by atoms with E-state index in [1.165, 1.54) is 48.9 Å². The van der Waals surface area contributed by atoms with Gasteiger partial charge in [0.05, 0.1) is 0 Å². The molecule has 1 unspecified atom stereocenters. The highest BCUT2D eigenvalue weighted by Gasteiger charge is 2.22. The van der Waals surface area contributed by atoms with Gasteiger partial charge < -0.3 is 5.73 Å². The van der Waals surface area contributed by atoms with Gasteiger partial charge in [-0.2, -0.15) is 0 Å². The van der Waals surface area contributed by atoms with E-state index in [1.807, 2.05) is 0 Å². The summed E-state index contributed by atoms with van der Waals surface area (Å²) in [6.07, 6.45) is 5.62. The van der Waals surface area contributed by atoms with E-state index in [2.05, 4.69) is 44.0 Å². The Hall–Kier alpha value is -0.860. The van der Waals surface area contributed by atoms with E-state index in [9.17, 15) is 0 Å². The van der Waals surface area contributed by atoms with Crippen LogP contribution in [0.4, 0.5) is 0 Å². The van der Waals surface area contributed by atoms with Crippen LogP contribution < -0.4 is 5.73 Å². The van der Waals surface area contributed by atoms with Crippen LogP contribution >= 0.6 is 0 Å². The molecule has 0 saturated heterocycles. The maximum Gasteiger partial charge on any atom is 0.0470 e. The summed E-state index contributed by atoms with van der Waals surface area (Å²) >= 11 is 0. The zero-order chi connectivity index (χ0) is 13.8. The first-order chi connectivity index (χ1) is 9.11. The molecule has 1 aromatic carbocycles. The summed E-state index contributed by atoms with van der Waals surface area (Å²) in [5, 5.41) is 0. The molecule has 0 spiro atoms. The third kappa shape index (κ3) is 3.58. The van der Waals surface area contributed by atoms with Crippen LogP contribution in [0.5, 0.6) is 0 Å². The Labute approximate surface area is 118 Å². The van der Waals surface area contributed by atoms with E-state index < -0.39 is 0 Å². The molecule has 1 fully saturated rings. The minimum absolute atomic E-state index is 0.362. The van der Waals surface area contributed by atoms with Crippen LogP contribution in [0.25, 0.3) is 0 Å². The molecule has 2 heteroatoms. The van der Waals surface area contributed by atoms with Crippen molar-refractivity contribution in [3.63, 3.8) is 0 Å². The SMILES string of the molecule is Cc1ccc(C)c(C(CN)N(C)CC2CCCC2)c1.